The molecule has 0 radical (unpaired) electrons. The third-order valence-corrected chi connectivity index (χ3v) is 5.62. The van der Waals surface area contributed by atoms with Gasteiger partial charge in [0.25, 0.3) is 0 Å². The molecule has 3 aromatic rings. The van der Waals surface area contributed by atoms with Crippen molar-refractivity contribution in [3.05, 3.63) is 42.2 Å². The van der Waals surface area contributed by atoms with Gasteiger partial charge in [0, 0.05) is 19.5 Å². The van der Waals surface area contributed by atoms with E-state index in [4.69, 9.17) is 14.6 Å². The Morgan fingerprint density at radius 3 is 2.73 bits per heavy atom. The van der Waals surface area contributed by atoms with Gasteiger partial charge in [-0.15, -0.1) is 15.3 Å². The minimum atomic E-state index is -3.73. The van der Waals surface area contributed by atoms with E-state index in [9.17, 15) is 8.42 Å². The Kier molecular flexibility index (Phi) is 7.52. The number of fused-ring (bicyclic) bond motifs is 1. The van der Waals surface area contributed by atoms with Crippen LogP contribution in [0.1, 0.15) is 5.82 Å². The number of hydrogen-bond acceptors (Lipinski definition) is 9. The van der Waals surface area contributed by atoms with Crippen molar-refractivity contribution in [2.75, 3.05) is 45.3 Å². The first-order valence-corrected chi connectivity index (χ1v) is 10.8. The molecule has 0 spiro atoms. The molecule has 1 aromatic carbocycles. The first-order valence-electron chi connectivity index (χ1n) is 9.31. The average molecular weight is 436 g/mol. The van der Waals surface area contributed by atoms with Crippen LogP contribution in [0.4, 0.5) is 5.82 Å². The summed E-state index contributed by atoms with van der Waals surface area (Å²) in [6, 6.07) is 9.95. The fraction of sp³-hybridized carbons (Fsp3) is 0.389. The Hall–Kier alpha value is -2.80. The van der Waals surface area contributed by atoms with E-state index >= 15 is 0 Å². The number of methoxy groups -OCH3 is 1. The molecule has 0 saturated carbocycles. The highest BCUT2D eigenvalue weighted by atomic mass is 32.2. The lowest BCUT2D eigenvalue weighted by Crippen LogP contribution is -2.27. The monoisotopic (exact) mass is 436 g/mol. The summed E-state index contributed by atoms with van der Waals surface area (Å²) in [7, 11) is -2.31. The summed E-state index contributed by atoms with van der Waals surface area (Å²) < 4.78 is 39.6. The molecule has 12 heteroatoms. The standard InChI is InChI=1S/C18H24N6O5S/c1-28-14-4-2-3-5-15(14)30(26,27)20-9-8-18-22-21-17-7-6-16(23-24(17)18)19-10-12-29-13-11-25/h2-7,20,25H,8-13H2,1H3,(H,19,23). The van der Waals surface area contributed by atoms with Crippen molar-refractivity contribution in [2.45, 2.75) is 11.3 Å². The molecule has 2 aromatic heterocycles. The normalized spacial score (nSPS) is 11.7. The van der Waals surface area contributed by atoms with Crippen molar-refractivity contribution in [3.8, 4) is 5.75 Å². The van der Waals surface area contributed by atoms with Gasteiger partial charge in [-0.2, -0.15) is 4.52 Å². The van der Waals surface area contributed by atoms with Crippen LogP contribution in [0.5, 0.6) is 5.75 Å². The number of aromatic nitrogens is 4. The number of aliphatic hydroxyl groups excluding tert-OH is 1. The summed E-state index contributed by atoms with van der Waals surface area (Å²) in [4.78, 5) is 0.0756. The number of aliphatic hydroxyl groups is 1. The molecule has 0 unspecified atom stereocenters. The number of anilines is 1. The number of rotatable bonds is 12. The second kappa shape index (κ2) is 10.3. The molecule has 0 atom stereocenters. The van der Waals surface area contributed by atoms with Gasteiger partial charge in [0.15, 0.2) is 11.5 Å². The summed E-state index contributed by atoms with van der Waals surface area (Å²) in [6.07, 6.45) is 0.297. The van der Waals surface area contributed by atoms with Crippen LogP contribution in [-0.4, -0.2) is 73.4 Å². The summed E-state index contributed by atoms with van der Waals surface area (Å²) in [5.74, 6) is 1.40. The molecule has 2 heterocycles. The predicted octanol–water partition coefficient (Wildman–Crippen LogP) is 0.0747. The predicted molar refractivity (Wildman–Crippen MR) is 109 cm³/mol. The van der Waals surface area contributed by atoms with Crippen LogP contribution >= 0.6 is 0 Å². The van der Waals surface area contributed by atoms with Crippen molar-refractivity contribution < 1.29 is 23.0 Å². The number of hydrogen-bond donors (Lipinski definition) is 3. The van der Waals surface area contributed by atoms with Crippen LogP contribution in [0.25, 0.3) is 5.65 Å². The summed E-state index contributed by atoms with van der Waals surface area (Å²) >= 11 is 0. The lowest BCUT2D eigenvalue weighted by atomic mass is 10.3. The van der Waals surface area contributed by atoms with E-state index < -0.39 is 10.0 Å². The molecule has 0 aliphatic rings. The topological polar surface area (TPSA) is 140 Å². The van der Waals surface area contributed by atoms with Crippen molar-refractivity contribution in [1.82, 2.24) is 24.5 Å². The molecule has 0 amide bonds. The number of ether oxygens (including phenoxy) is 2. The highest BCUT2D eigenvalue weighted by molar-refractivity contribution is 7.89. The van der Waals surface area contributed by atoms with Gasteiger partial charge >= 0.3 is 0 Å². The molecule has 3 rings (SSSR count). The van der Waals surface area contributed by atoms with Gasteiger partial charge in [0.1, 0.15) is 16.5 Å². The third-order valence-electron chi connectivity index (χ3n) is 4.11. The van der Waals surface area contributed by atoms with Crippen LogP contribution < -0.4 is 14.8 Å². The van der Waals surface area contributed by atoms with Gasteiger partial charge in [0.2, 0.25) is 10.0 Å². The van der Waals surface area contributed by atoms with Gasteiger partial charge in [-0.05, 0) is 24.3 Å². The van der Waals surface area contributed by atoms with E-state index in [1.807, 2.05) is 0 Å². The van der Waals surface area contributed by atoms with Crippen LogP contribution in [-0.2, 0) is 21.2 Å². The number of sulfonamides is 1. The Balaban J connectivity index is 1.62. The number of benzene rings is 1. The molecular weight excluding hydrogens is 412 g/mol. The minimum absolute atomic E-state index is 0.0188. The summed E-state index contributed by atoms with van der Waals surface area (Å²) in [6.45, 7) is 1.34. The van der Waals surface area contributed by atoms with Crippen LogP contribution in [0.3, 0.4) is 0 Å². The zero-order chi connectivity index (χ0) is 21.4. The largest absolute Gasteiger partial charge is 0.495 e. The van der Waals surface area contributed by atoms with E-state index in [0.29, 0.717) is 36.9 Å². The molecule has 162 valence electrons. The van der Waals surface area contributed by atoms with Gasteiger partial charge in [-0.3, -0.25) is 0 Å². The summed E-state index contributed by atoms with van der Waals surface area (Å²) in [5.41, 5.74) is 0.555. The molecule has 0 aliphatic carbocycles. The molecule has 0 fully saturated rings. The van der Waals surface area contributed by atoms with Gasteiger partial charge < -0.3 is 19.9 Å². The Bertz CT molecular complexity index is 1070. The maximum Gasteiger partial charge on any atom is 0.244 e. The molecule has 0 bridgehead atoms. The van der Waals surface area contributed by atoms with E-state index in [1.165, 1.54) is 13.2 Å². The van der Waals surface area contributed by atoms with Crippen molar-refractivity contribution in [3.63, 3.8) is 0 Å². The lowest BCUT2D eigenvalue weighted by Gasteiger charge is -2.10. The zero-order valence-corrected chi connectivity index (χ0v) is 17.3. The molecule has 0 aliphatic heterocycles. The fourth-order valence-corrected chi connectivity index (χ4v) is 3.92. The van der Waals surface area contributed by atoms with Crippen LogP contribution in [0, 0.1) is 0 Å². The first kappa shape index (κ1) is 21.9. The number of para-hydroxylation sites is 1. The molecule has 30 heavy (non-hydrogen) atoms. The molecule has 3 N–H and O–H groups in total. The second-order valence-electron chi connectivity index (χ2n) is 6.17. The van der Waals surface area contributed by atoms with Crippen molar-refractivity contribution in [1.29, 1.82) is 0 Å². The quantitative estimate of drug-likeness (QED) is 0.337. The van der Waals surface area contributed by atoms with Crippen LogP contribution in [0.2, 0.25) is 0 Å². The summed E-state index contributed by atoms with van der Waals surface area (Å²) in [5, 5.41) is 24.4. The van der Waals surface area contributed by atoms with E-state index in [2.05, 4.69) is 25.3 Å². The molecular formula is C18H24N6O5S. The van der Waals surface area contributed by atoms with Crippen molar-refractivity contribution in [2.24, 2.45) is 0 Å². The third kappa shape index (κ3) is 5.42. The first-order chi connectivity index (χ1) is 14.5. The second-order valence-corrected chi connectivity index (χ2v) is 7.90. The number of nitrogens with one attached hydrogen (secondary N) is 2. The average Bonchev–Trinajstić information content (AvgIpc) is 3.16. The number of nitrogens with zero attached hydrogens (tertiary/aromatic N) is 4. The highest BCUT2D eigenvalue weighted by Crippen LogP contribution is 2.22. The molecule has 11 nitrogen and oxygen atoms in total. The Morgan fingerprint density at radius 2 is 1.93 bits per heavy atom. The molecule has 0 saturated heterocycles. The van der Waals surface area contributed by atoms with Gasteiger partial charge in [0.05, 0.1) is 26.9 Å². The van der Waals surface area contributed by atoms with E-state index in [1.54, 1.807) is 34.8 Å². The SMILES string of the molecule is COc1ccccc1S(=O)(=O)NCCc1nnc2ccc(NCCOCCO)nn12. The fourth-order valence-electron chi connectivity index (χ4n) is 2.72. The van der Waals surface area contributed by atoms with Gasteiger partial charge in [-0.25, -0.2) is 13.1 Å². The highest BCUT2D eigenvalue weighted by Gasteiger charge is 2.19. The van der Waals surface area contributed by atoms with Crippen molar-refractivity contribution >= 4 is 21.5 Å². The lowest BCUT2D eigenvalue weighted by molar-refractivity contribution is 0.0992. The van der Waals surface area contributed by atoms with E-state index in [0.717, 1.165) is 0 Å². The minimum Gasteiger partial charge on any atom is -0.495 e. The Labute approximate surface area is 174 Å². The maximum atomic E-state index is 12.6. The van der Waals surface area contributed by atoms with Gasteiger partial charge in [-0.1, -0.05) is 12.1 Å². The van der Waals surface area contributed by atoms with E-state index in [-0.39, 0.29) is 30.4 Å². The Morgan fingerprint density at radius 1 is 1.10 bits per heavy atom. The zero-order valence-electron chi connectivity index (χ0n) is 16.5. The maximum absolute atomic E-state index is 12.6. The smallest absolute Gasteiger partial charge is 0.244 e. The van der Waals surface area contributed by atoms with Crippen LogP contribution in [0.15, 0.2) is 41.3 Å².